The van der Waals surface area contributed by atoms with Crippen molar-refractivity contribution in [2.24, 2.45) is 0 Å². The van der Waals surface area contributed by atoms with Gasteiger partial charge in [-0.05, 0) is 23.8 Å². The number of rotatable bonds is 3. The van der Waals surface area contributed by atoms with E-state index in [-0.39, 0.29) is 5.56 Å². The SMILES string of the molecule is O=C(O)c1ccc(Cl)cc1C=CCBr. The maximum atomic E-state index is 10.8. The van der Waals surface area contributed by atoms with Crippen LogP contribution in [0.3, 0.4) is 0 Å². The van der Waals surface area contributed by atoms with Crippen molar-refractivity contribution < 1.29 is 9.90 Å². The summed E-state index contributed by atoms with van der Waals surface area (Å²) in [6.07, 6.45) is 3.54. The topological polar surface area (TPSA) is 37.3 Å². The normalized spacial score (nSPS) is 10.7. The van der Waals surface area contributed by atoms with Crippen molar-refractivity contribution in [1.82, 2.24) is 0 Å². The maximum absolute atomic E-state index is 10.8. The fraction of sp³-hybridized carbons (Fsp3) is 0.100. The number of allylic oxidation sites excluding steroid dienone is 1. The van der Waals surface area contributed by atoms with E-state index in [1.54, 1.807) is 18.2 Å². The molecule has 1 aromatic rings. The van der Waals surface area contributed by atoms with E-state index in [1.165, 1.54) is 6.07 Å². The Morgan fingerprint density at radius 3 is 2.86 bits per heavy atom. The highest BCUT2D eigenvalue weighted by atomic mass is 79.9. The molecule has 0 amide bonds. The smallest absolute Gasteiger partial charge is 0.336 e. The molecule has 0 saturated heterocycles. The third-order valence-electron chi connectivity index (χ3n) is 1.63. The molecule has 0 atom stereocenters. The van der Waals surface area contributed by atoms with Crippen LogP contribution in [0.15, 0.2) is 24.3 Å². The molecule has 1 aromatic carbocycles. The van der Waals surface area contributed by atoms with Gasteiger partial charge in [0.25, 0.3) is 0 Å². The van der Waals surface area contributed by atoms with Crippen LogP contribution in [0, 0.1) is 0 Å². The lowest BCUT2D eigenvalue weighted by Crippen LogP contribution is -1.98. The Hall–Kier alpha value is -0.800. The van der Waals surface area contributed by atoms with Crippen LogP contribution in [-0.2, 0) is 0 Å². The average molecular weight is 276 g/mol. The molecule has 4 heteroatoms. The second kappa shape index (κ2) is 5.17. The Morgan fingerprint density at radius 2 is 2.29 bits per heavy atom. The van der Waals surface area contributed by atoms with Gasteiger partial charge in [-0.25, -0.2) is 4.79 Å². The fourth-order valence-electron chi connectivity index (χ4n) is 1.04. The zero-order chi connectivity index (χ0) is 10.6. The van der Waals surface area contributed by atoms with Crippen LogP contribution < -0.4 is 0 Å². The Kier molecular flexibility index (Phi) is 4.17. The summed E-state index contributed by atoms with van der Waals surface area (Å²) >= 11 is 8.98. The fourth-order valence-corrected chi connectivity index (χ4v) is 1.41. The molecule has 1 N–H and O–H groups in total. The lowest BCUT2D eigenvalue weighted by Gasteiger charge is -2.01. The van der Waals surface area contributed by atoms with E-state index in [1.807, 2.05) is 6.08 Å². The number of carboxylic acid groups (broad SMARTS) is 1. The van der Waals surface area contributed by atoms with E-state index in [2.05, 4.69) is 15.9 Å². The zero-order valence-electron chi connectivity index (χ0n) is 7.21. The Morgan fingerprint density at radius 1 is 1.57 bits per heavy atom. The summed E-state index contributed by atoms with van der Waals surface area (Å²) in [6.45, 7) is 0. The minimum Gasteiger partial charge on any atom is -0.478 e. The first-order valence-electron chi connectivity index (χ1n) is 3.90. The van der Waals surface area contributed by atoms with Crippen molar-refractivity contribution in [2.45, 2.75) is 0 Å². The Labute approximate surface area is 95.3 Å². The highest BCUT2D eigenvalue weighted by molar-refractivity contribution is 9.09. The molecular formula is C10H8BrClO2. The highest BCUT2D eigenvalue weighted by Crippen LogP contribution is 2.17. The second-order valence-corrected chi connectivity index (χ2v) is 3.68. The monoisotopic (exact) mass is 274 g/mol. The largest absolute Gasteiger partial charge is 0.478 e. The molecule has 0 saturated carbocycles. The summed E-state index contributed by atoms with van der Waals surface area (Å²) in [5.41, 5.74) is 0.871. The molecule has 1 rings (SSSR count). The van der Waals surface area contributed by atoms with Gasteiger partial charge in [0, 0.05) is 10.4 Å². The molecule has 0 aromatic heterocycles. The quantitative estimate of drug-likeness (QED) is 0.858. The molecule has 0 unspecified atom stereocenters. The summed E-state index contributed by atoms with van der Waals surface area (Å²) in [4.78, 5) is 10.8. The van der Waals surface area contributed by atoms with Gasteiger partial charge >= 0.3 is 5.97 Å². The molecule has 14 heavy (non-hydrogen) atoms. The summed E-state index contributed by atoms with van der Waals surface area (Å²) in [6, 6.07) is 4.69. The number of hydrogen-bond acceptors (Lipinski definition) is 1. The summed E-state index contributed by atoms with van der Waals surface area (Å²) in [7, 11) is 0. The van der Waals surface area contributed by atoms with Gasteiger partial charge < -0.3 is 5.11 Å². The van der Waals surface area contributed by atoms with Crippen LogP contribution in [0.5, 0.6) is 0 Å². The maximum Gasteiger partial charge on any atom is 0.336 e. The predicted molar refractivity (Wildman–Crippen MR) is 61.2 cm³/mol. The van der Waals surface area contributed by atoms with Crippen molar-refractivity contribution in [3.8, 4) is 0 Å². The number of aromatic carboxylic acids is 1. The first-order chi connectivity index (χ1) is 6.65. The molecule has 0 fully saturated rings. The van der Waals surface area contributed by atoms with Crippen LogP contribution in [0.25, 0.3) is 6.08 Å². The van der Waals surface area contributed by atoms with Gasteiger partial charge in [0.2, 0.25) is 0 Å². The molecule has 2 nitrogen and oxygen atoms in total. The average Bonchev–Trinajstić information content (AvgIpc) is 2.14. The molecule has 0 spiro atoms. The molecule has 0 radical (unpaired) electrons. The minimum atomic E-state index is -0.948. The molecule has 0 aliphatic rings. The Bertz CT molecular complexity index is 374. The standard InChI is InChI=1S/C10H8BrClO2/c11-5-1-2-7-6-8(12)3-4-9(7)10(13)14/h1-4,6H,5H2,(H,13,14). The van der Waals surface area contributed by atoms with E-state index < -0.39 is 5.97 Å². The van der Waals surface area contributed by atoms with Crippen LogP contribution in [0.1, 0.15) is 15.9 Å². The minimum absolute atomic E-state index is 0.256. The number of carbonyl (C=O) groups is 1. The number of alkyl halides is 1. The number of carboxylic acids is 1. The van der Waals surface area contributed by atoms with E-state index in [0.717, 1.165) is 0 Å². The van der Waals surface area contributed by atoms with Gasteiger partial charge in [0.05, 0.1) is 5.56 Å². The first kappa shape index (κ1) is 11.3. The molecule has 0 aliphatic carbocycles. The van der Waals surface area contributed by atoms with Gasteiger partial charge in [-0.15, -0.1) is 0 Å². The lowest BCUT2D eigenvalue weighted by atomic mass is 10.1. The third kappa shape index (κ3) is 2.86. The van der Waals surface area contributed by atoms with Crippen LogP contribution in [0.2, 0.25) is 5.02 Å². The Balaban J connectivity index is 3.15. The van der Waals surface area contributed by atoms with Gasteiger partial charge in [0.15, 0.2) is 0 Å². The van der Waals surface area contributed by atoms with Crippen molar-refractivity contribution in [2.75, 3.05) is 5.33 Å². The van der Waals surface area contributed by atoms with Gasteiger partial charge in [-0.3, -0.25) is 0 Å². The lowest BCUT2D eigenvalue weighted by molar-refractivity contribution is 0.0696. The number of halogens is 2. The van der Waals surface area contributed by atoms with E-state index in [0.29, 0.717) is 15.9 Å². The van der Waals surface area contributed by atoms with Crippen molar-refractivity contribution in [3.05, 3.63) is 40.4 Å². The van der Waals surface area contributed by atoms with Crippen molar-refractivity contribution >= 4 is 39.6 Å². The van der Waals surface area contributed by atoms with E-state index in [4.69, 9.17) is 16.7 Å². The van der Waals surface area contributed by atoms with Crippen LogP contribution >= 0.6 is 27.5 Å². The molecule has 74 valence electrons. The zero-order valence-corrected chi connectivity index (χ0v) is 9.55. The number of benzene rings is 1. The van der Waals surface area contributed by atoms with E-state index in [9.17, 15) is 4.79 Å². The van der Waals surface area contributed by atoms with Gasteiger partial charge in [-0.2, -0.15) is 0 Å². The third-order valence-corrected chi connectivity index (χ3v) is 2.24. The van der Waals surface area contributed by atoms with Crippen molar-refractivity contribution in [3.63, 3.8) is 0 Å². The molecular weight excluding hydrogens is 267 g/mol. The second-order valence-electron chi connectivity index (χ2n) is 2.59. The molecule has 0 aliphatic heterocycles. The summed E-state index contributed by atoms with van der Waals surface area (Å²) in [5, 5.41) is 10.1. The van der Waals surface area contributed by atoms with Gasteiger partial charge in [0.1, 0.15) is 0 Å². The van der Waals surface area contributed by atoms with Crippen molar-refractivity contribution in [1.29, 1.82) is 0 Å². The molecule has 0 heterocycles. The number of hydrogen-bond donors (Lipinski definition) is 1. The summed E-state index contributed by atoms with van der Waals surface area (Å²) < 4.78 is 0. The van der Waals surface area contributed by atoms with Crippen LogP contribution in [-0.4, -0.2) is 16.4 Å². The molecule has 0 bridgehead atoms. The summed E-state index contributed by atoms with van der Waals surface area (Å²) in [5.74, 6) is -0.948. The first-order valence-corrected chi connectivity index (χ1v) is 5.40. The predicted octanol–water partition coefficient (Wildman–Crippen LogP) is 3.45. The highest BCUT2D eigenvalue weighted by Gasteiger charge is 2.07. The van der Waals surface area contributed by atoms with Gasteiger partial charge in [-0.1, -0.05) is 39.7 Å². The van der Waals surface area contributed by atoms with Crippen LogP contribution in [0.4, 0.5) is 0 Å². The van der Waals surface area contributed by atoms with E-state index >= 15 is 0 Å².